The minimum absolute atomic E-state index is 0.0356. The summed E-state index contributed by atoms with van der Waals surface area (Å²) in [6, 6.07) is 16.6. The second-order valence-electron chi connectivity index (χ2n) is 10.7. The van der Waals surface area contributed by atoms with Gasteiger partial charge in [-0.25, -0.2) is 0 Å². The zero-order valence-corrected chi connectivity index (χ0v) is 23.5. The van der Waals surface area contributed by atoms with Crippen LogP contribution in [0.5, 0.6) is 28.7 Å². The Morgan fingerprint density at radius 2 is 1.45 bits per heavy atom. The summed E-state index contributed by atoms with van der Waals surface area (Å²) in [4.78, 5) is 39.4. The molecule has 1 aromatic heterocycles. The normalized spacial score (nSPS) is 16.0. The molecule has 0 aliphatic carbocycles. The van der Waals surface area contributed by atoms with E-state index in [2.05, 4.69) is 0 Å². The summed E-state index contributed by atoms with van der Waals surface area (Å²) in [5.74, 6) is -5.26. The number of phenolic OH excluding ortho intramolecular Hbond substituents is 4. The van der Waals surface area contributed by atoms with E-state index in [9.17, 15) is 39.9 Å². The van der Waals surface area contributed by atoms with E-state index in [1.807, 2.05) is 0 Å². The lowest BCUT2D eigenvalue weighted by Gasteiger charge is -2.35. The van der Waals surface area contributed by atoms with E-state index in [-0.39, 0.29) is 55.9 Å². The molecule has 1 unspecified atom stereocenters. The van der Waals surface area contributed by atoms with Gasteiger partial charge in [0.15, 0.2) is 17.7 Å². The van der Waals surface area contributed by atoms with Crippen LogP contribution in [0.25, 0.3) is 22.3 Å². The van der Waals surface area contributed by atoms with Crippen LogP contribution in [0.3, 0.4) is 0 Å². The highest BCUT2D eigenvalue weighted by molar-refractivity contribution is 6.04. The first-order valence-electron chi connectivity index (χ1n) is 13.6. The molecule has 1 atom stereocenters. The molecule has 1 aliphatic rings. The van der Waals surface area contributed by atoms with Crippen molar-refractivity contribution < 1.29 is 44.3 Å². The van der Waals surface area contributed by atoms with Crippen molar-refractivity contribution in [3.05, 3.63) is 110 Å². The second kappa shape index (κ2) is 10.3. The lowest BCUT2D eigenvalue weighted by molar-refractivity contribution is -0.148. The van der Waals surface area contributed by atoms with Crippen molar-refractivity contribution in [2.24, 2.45) is 0 Å². The number of aldehydes is 1. The highest BCUT2D eigenvalue weighted by atomic mass is 16.6. The van der Waals surface area contributed by atoms with Gasteiger partial charge in [-0.1, -0.05) is 60.7 Å². The molecule has 10 nitrogen and oxygen atoms in total. The van der Waals surface area contributed by atoms with Crippen molar-refractivity contribution in [3.63, 3.8) is 0 Å². The van der Waals surface area contributed by atoms with E-state index in [0.717, 1.165) is 0 Å². The fourth-order valence-corrected chi connectivity index (χ4v) is 5.67. The number of Topliss-reactive ketones (excluding diaryl/α,β-unsaturated/α-hetero) is 1. The van der Waals surface area contributed by atoms with Crippen molar-refractivity contribution in [1.82, 2.24) is 0 Å². The molecule has 0 spiro atoms. The van der Waals surface area contributed by atoms with Gasteiger partial charge >= 0.3 is 0 Å². The summed E-state index contributed by atoms with van der Waals surface area (Å²) in [5, 5.41) is 54.9. The Bertz CT molecular complexity index is 2060. The monoisotopic (exact) mass is 594 g/mol. The van der Waals surface area contributed by atoms with Crippen LogP contribution in [0.4, 0.5) is 0 Å². The Labute approximate surface area is 249 Å². The molecule has 2 heterocycles. The average Bonchev–Trinajstić information content (AvgIpc) is 3.02. The van der Waals surface area contributed by atoms with Crippen LogP contribution in [0.1, 0.15) is 55.0 Å². The molecule has 0 bridgehead atoms. The standard InChI is InChI=1S/C34H26O10/c1-16-26(37)22(15-35)33-25(28(16)39)30(41)21(32(43-33)18-9-5-3-6-10-18)13-20-27(38)17(2)31-24(29(20)40)23(36)14-34(42,44-31)19-11-7-4-8-12-19/h3-12,15,37-40,42H,13-14H2,1-2H3. The zero-order chi connectivity index (χ0) is 31.5. The van der Waals surface area contributed by atoms with Gasteiger partial charge in [-0.15, -0.1) is 0 Å². The Morgan fingerprint density at radius 1 is 0.818 bits per heavy atom. The fourth-order valence-electron chi connectivity index (χ4n) is 5.67. The lowest BCUT2D eigenvalue weighted by atomic mass is 9.87. The second-order valence-corrected chi connectivity index (χ2v) is 10.7. The van der Waals surface area contributed by atoms with Crippen LogP contribution in [0.2, 0.25) is 0 Å². The molecule has 4 aromatic carbocycles. The minimum atomic E-state index is -2.05. The van der Waals surface area contributed by atoms with Gasteiger partial charge in [0, 0.05) is 39.8 Å². The minimum Gasteiger partial charge on any atom is -0.507 e. The molecule has 6 rings (SSSR count). The number of aromatic hydroxyl groups is 4. The molecular formula is C34H26O10. The highest BCUT2D eigenvalue weighted by Crippen LogP contribution is 2.50. The largest absolute Gasteiger partial charge is 0.507 e. The van der Waals surface area contributed by atoms with E-state index in [1.54, 1.807) is 60.7 Å². The smallest absolute Gasteiger partial charge is 0.242 e. The number of aliphatic hydroxyl groups is 1. The predicted octanol–water partition coefficient (Wildman–Crippen LogP) is 5.11. The van der Waals surface area contributed by atoms with E-state index < -0.39 is 52.8 Å². The topological polar surface area (TPSA) is 175 Å². The van der Waals surface area contributed by atoms with Crippen molar-refractivity contribution in [2.75, 3.05) is 0 Å². The molecule has 222 valence electrons. The van der Waals surface area contributed by atoms with Gasteiger partial charge in [-0.05, 0) is 13.8 Å². The molecule has 1 aliphatic heterocycles. The number of carbonyl (C=O) groups is 2. The number of fused-ring (bicyclic) bond motifs is 2. The van der Waals surface area contributed by atoms with Gasteiger partial charge in [0.25, 0.3) is 0 Å². The predicted molar refractivity (Wildman–Crippen MR) is 159 cm³/mol. The highest BCUT2D eigenvalue weighted by Gasteiger charge is 2.44. The number of hydrogen-bond acceptors (Lipinski definition) is 10. The number of ketones is 1. The Kier molecular flexibility index (Phi) is 6.66. The summed E-state index contributed by atoms with van der Waals surface area (Å²) < 4.78 is 11.9. The van der Waals surface area contributed by atoms with Gasteiger partial charge in [0.05, 0.1) is 6.42 Å². The summed E-state index contributed by atoms with van der Waals surface area (Å²) in [7, 11) is 0. The average molecular weight is 595 g/mol. The lowest BCUT2D eigenvalue weighted by Crippen LogP contribution is -2.39. The van der Waals surface area contributed by atoms with Gasteiger partial charge in [0.1, 0.15) is 51.0 Å². The van der Waals surface area contributed by atoms with Gasteiger partial charge in [-0.3, -0.25) is 14.4 Å². The Morgan fingerprint density at radius 3 is 2.09 bits per heavy atom. The van der Waals surface area contributed by atoms with E-state index in [4.69, 9.17) is 9.15 Å². The van der Waals surface area contributed by atoms with Crippen LogP contribution in [0.15, 0.2) is 69.9 Å². The van der Waals surface area contributed by atoms with E-state index in [1.165, 1.54) is 13.8 Å². The quantitative estimate of drug-likeness (QED) is 0.172. The number of carbonyl (C=O) groups excluding carboxylic acids is 2. The Hall–Kier alpha value is -5.61. The molecule has 0 radical (unpaired) electrons. The zero-order valence-electron chi connectivity index (χ0n) is 23.5. The molecule has 10 heteroatoms. The van der Waals surface area contributed by atoms with Crippen molar-refractivity contribution >= 4 is 23.0 Å². The fraction of sp³-hybridized carbons (Fsp3) is 0.147. The van der Waals surface area contributed by atoms with Crippen LogP contribution >= 0.6 is 0 Å². The molecule has 0 saturated heterocycles. The van der Waals surface area contributed by atoms with Gasteiger partial charge < -0.3 is 34.7 Å². The number of ether oxygens (including phenoxy) is 1. The third-order valence-electron chi connectivity index (χ3n) is 8.07. The SMILES string of the molecule is Cc1c(O)c(Cc2c(-c3ccccc3)oc3c(C=O)c(O)c(C)c(O)c3c2=O)c(O)c2c1OC(O)(c1ccccc1)CC2=O. The molecule has 0 saturated carbocycles. The van der Waals surface area contributed by atoms with Crippen LogP contribution in [-0.4, -0.2) is 37.6 Å². The van der Waals surface area contributed by atoms with Gasteiger partial charge in [0.2, 0.25) is 11.2 Å². The first kappa shape index (κ1) is 28.5. The maximum atomic E-state index is 14.1. The summed E-state index contributed by atoms with van der Waals surface area (Å²) >= 11 is 0. The maximum Gasteiger partial charge on any atom is 0.242 e. The molecular weight excluding hydrogens is 568 g/mol. The third-order valence-corrected chi connectivity index (χ3v) is 8.07. The molecule has 0 amide bonds. The Balaban J connectivity index is 1.59. The number of benzene rings is 4. The van der Waals surface area contributed by atoms with Gasteiger partial charge in [-0.2, -0.15) is 0 Å². The van der Waals surface area contributed by atoms with E-state index >= 15 is 0 Å². The molecule has 5 N–H and O–H groups in total. The van der Waals surface area contributed by atoms with E-state index in [0.29, 0.717) is 17.4 Å². The van der Waals surface area contributed by atoms with Crippen LogP contribution in [-0.2, 0) is 12.2 Å². The van der Waals surface area contributed by atoms with Crippen molar-refractivity contribution in [3.8, 4) is 40.1 Å². The first-order valence-corrected chi connectivity index (χ1v) is 13.6. The molecule has 44 heavy (non-hydrogen) atoms. The van der Waals surface area contributed by atoms with Crippen LogP contribution < -0.4 is 10.2 Å². The summed E-state index contributed by atoms with van der Waals surface area (Å²) in [6.45, 7) is 2.77. The number of hydrogen-bond donors (Lipinski definition) is 5. The third kappa shape index (κ3) is 4.18. The van der Waals surface area contributed by atoms with Crippen molar-refractivity contribution in [2.45, 2.75) is 32.5 Å². The molecule has 0 fully saturated rings. The van der Waals surface area contributed by atoms with Crippen LogP contribution in [0, 0.1) is 13.8 Å². The van der Waals surface area contributed by atoms with Crippen molar-refractivity contribution in [1.29, 1.82) is 0 Å². The number of rotatable bonds is 5. The molecule has 5 aromatic rings. The summed E-state index contributed by atoms with van der Waals surface area (Å²) in [5.41, 5.74) is -1.43. The maximum absolute atomic E-state index is 14.1. The first-order chi connectivity index (χ1) is 21.0. The summed E-state index contributed by atoms with van der Waals surface area (Å²) in [6.07, 6.45) is -0.686. The number of phenols is 4.